The summed E-state index contributed by atoms with van der Waals surface area (Å²) in [6, 6.07) is 10.6. The smallest absolute Gasteiger partial charge is 0.303 e. The standard InChI is InChI=1S/C29H37NO3/c1-29(2)24-18-22(12-8-3-4-9-13-26(31)32)27(25(29)19-24)30-28(33)23-15-14-21(17-23)16-20-10-6-5-7-11-20/h3,5-8,10-11,15,17,22,24-25,27H,4,9,12-14,16,18-19H2,1-2H3,(H,30,33)(H,31,32)/b8-3+/t22-,24+,25+,27?/m0/s1. The maximum absolute atomic E-state index is 13.2. The first-order valence-corrected chi connectivity index (χ1v) is 12.5. The largest absolute Gasteiger partial charge is 0.481 e. The quantitative estimate of drug-likeness (QED) is 0.349. The van der Waals surface area contributed by atoms with Crippen molar-refractivity contribution in [3.63, 3.8) is 0 Å². The van der Waals surface area contributed by atoms with Crippen LogP contribution in [0.1, 0.15) is 64.4 Å². The van der Waals surface area contributed by atoms with Gasteiger partial charge in [0, 0.05) is 18.0 Å². The summed E-state index contributed by atoms with van der Waals surface area (Å²) >= 11 is 0. The van der Waals surface area contributed by atoms with Gasteiger partial charge in [-0.1, -0.05) is 68.0 Å². The van der Waals surface area contributed by atoms with Crippen LogP contribution < -0.4 is 5.32 Å². The van der Waals surface area contributed by atoms with Crippen LogP contribution in [-0.2, 0) is 16.0 Å². The third-order valence-corrected chi connectivity index (χ3v) is 8.22. The van der Waals surface area contributed by atoms with Crippen LogP contribution in [0.3, 0.4) is 0 Å². The molecule has 1 unspecified atom stereocenters. The van der Waals surface area contributed by atoms with Gasteiger partial charge in [-0.2, -0.15) is 0 Å². The summed E-state index contributed by atoms with van der Waals surface area (Å²) in [4.78, 5) is 23.9. The minimum Gasteiger partial charge on any atom is -0.481 e. The number of carbonyl (C=O) groups excluding carboxylic acids is 1. The summed E-state index contributed by atoms with van der Waals surface area (Å²) in [6.07, 6.45) is 15.2. The van der Waals surface area contributed by atoms with E-state index in [2.05, 4.69) is 67.7 Å². The van der Waals surface area contributed by atoms with Crippen molar-refractivity contribution in [2.24, 2.45) is 23.2 Å². The highest BCUT2D eigenvalue weighted by Gasteiger charge is 2.57. The molecule has 4 atom stereocenters. The molecule has 4 heteroatoms. The zero-order chi connectivity index (χ0) is 23.4. The number of carboxylic acids is 1. The lowest BCUT2D eigenvalue weighted by Gasteiger charge is -2.62. The molecule has 0 heterocycles. The van der Waals surface area contributed by atoms with Gasteiger partial charge in [-0.15, -0.1) is 0 Å². The molecule has 0 spiro atoms. The Labute approximate surface area is 197 Å². The molecule has 0 aliphatic heterocycles. The second-order valence-electron chi connectivity index (χ2n) is 10.7. The fourth-order valence-corrected chi connectivity index (χ4v) is 6.08. The first-order valence-electron chi connectivity index (χ1n) is 12.5. The van der Waals surface area contributed by atoms with Crippen molar-refractivity contribution in [1.82, 2.24) is 5.32 Å². The van der Waals surface area contributed by atoms with Gasteiger partial charge in [-0.25, -0.2) is 0 Å². The minimum atomic E-state index is -0.733. The molecule has 2 N–H and O–H groups in total. The summed E-state index contributed by atoms with van der Waals surface area (Å²) in [5, 5.41) is 12.2. The average Bonchev–Trinajstić information content (AvgIpc) is 3.25. The number of fused-ring (bicyclic) bond motifs is 2. The number of amides is 1. The van der Waals surface area contributed by atoms with Gasteiger partial charge >= 0.3 is 5.97 Å². The Bertz CT molecular complexity index is 956. The number of aliphatic carboxylic acids is 1. The molecule has 4 aliphatic carbocycles. The number of unbranched alkanes of at least 4 members (excludes halogenated alkanes) is 1. The molecule has 1 amide bonds. The van der Waals surface area contributed by atoms with E-state index in [-0.39, 0.29) is 23.8 Å². The molecule has 3 fully saturated rings. The third-order valence-electron chi connectivity index (χ3n) is 8.22. The van der Waals surface area contributed by atoms with Crippen LogP contribution in [0.2, 0.25) is 0 Å². The number of carbonyl (C=O) groups is 2. The van der Waals surface area contributed by atoms with Gasteiger partial charge in [0.1, 0.15) is 0 Å². The van der Waals surface area contributed by atoms with E-state index >= 15 is 0 Å². The lowest BCUT2D eigenvalue weighted by Crippen LogP contribution is -2.63. The molecule has 176 valence electrons. The van der Waals surface area contributed by atoms with E-state index in [0.717, 1.165) is 43.6 Å². The van der Waals surface area contributed by atoms with Crippen LogP contribution in [0.25, 0.3) is 0 Å². The Morgan fingerprint density at radius 1 is 1.15 bits per heavy atom. The lowest BCUT2D eigenvalue weighted by molar-refractivity contribution is -0.137. The first-order chi connectivity index (χ1) is 15.8. The average molecular weight is 448 g/mol. The monoisotopic (exact) mass is 447 g/mol. The number of rotatable bonds is 10. The van der Waals surface area contributed by atoms with E-state index in [9.17, 15) is 9.59 Å². The highest BCUT2D eigenvalue weighted by molar-refractivity contribution is 5.97. The van der Waals surface area contributed by atoms with E-state index in [0.29, 0.717) is 18.3 Å². The van der Waals surface area contributed by atoms with Gasteiger partial charge in [0.05, 0.1) is 0 Å². The molecular weight excluding hydrogens is 410 g/mol. The highest BCUT2D eigenvalue weighted by Crippen LogP contribution is 2.61. The number of nitrogens with one attached hydrogen (secondary N) is 1. The van der Waals surface area contributed by atoms with Crippen molar-refractivity contribution >= 4 is 11.9 Å². The van der Waals surface area contributed by atoms with Gasteiger partial charge < -0.3 is 10.4 Å². The summed E-state index contributed by atoms with van der Waals surface area (Å²) in [7, 11) is 0. The molecule has 4 nitrogen and oxygen atoms in total. The van der Waals surface area contributed by atoms with E-state index in [4.69, 9.17) is 5.11 Å². The molecule has 1 aromatic rings. The van der Waals surface area contributed by atoms with Gasteiger partial charge in [0.15, 0.2) is 0 Å². The van der Waals surface area contributed by atoms with Crippen molar-refractivity contribution in [3.8, 4) is 0 Å². The van der Waals surface area contributed by atoms with Crippen molar-refractivity contribution in [2.45, 2.75) is 71.3 Å². The van der Waals surface area contributed by atoms with Crippen molar-refractivity contribution in [3.05, 3.63) is 71.3 Å². The molecule has 5 rings (SSSR count). The Morgan fingerprint density at radius 2 is 1.94 bits per heavy atom. The lowest BCUT2D eigenvalue weighted by atomic mass is 9.44. The van der Waals surface area contributed by atoms with Crippen LogP contribution in [0.15, 0.2) is 65.8 Å². The molecule has 0 saturated heterocycles. The summed E-state index contributed by atoms with van der Waals surface area (Å²) in [6.45, 7) is 4.71. The predicted molar refractivity (Wildman–Crippen MR) is 132 cm³/mol. The van der Waals surface area contributed by atoms with Gasteiger partial charge in [-0.3, -0.25) is 9.59 Å². The van der Waals surface area contributed by atoms with Crippen molar-refractivity contribution < 1.29 is 14.7 Å². The molecule has 3 saturated carbocycles. The number of carboxylic acid groups (broad SMARTS) is 1. The van der Waals surface area contributed by atoms with Gasteiger partial charge in [-0.05, 0) is 79.8 Å². The normalized spacial score (nSPS) is 27.6. The van der Waals surface area contributed by atoms with Crippen LogP contribution in [0, 0.1) is 23.2 Å². The fraction of sp³-hybridized carbons (Fsp3) is 0.517. The molecule has 1 aromatic carbocycles. The predicted octanol–water partition coefficient (Wildman–Crippen LogP) is 5.85. The number of benzene rings is 1. The van der Waals surface area contributed by atoms with E-state index in [1.165, 1.54) is 17.6 Å². The molecule has 4 aliphatic rings. The maximum Gasteiger partial charge on any atom is 0.303 e. The van der Waals surface area contributed by atoms with Crippen molar-refractivity contribution in [1.29, 1.82) is 0 Å². The van der Waals surface area contributed by atoms with Gasteiger partial charge in [0.25, 0.3) is 5.91 Å². The summed E-state index contributed by atoms with van der Waals surface area (Å²) in [5.74, 6) is 1.06. The molecule has 33 heavy (non-hydrogen) atoms. The minimum absolute atomic E-state index is 0.0691. The van der Waals surface area contributed by atoms with Crippen molar-refractivity contribution in [2.75, 3.05) is 0 Å². The Balaban J connectivity index is 1.36. The summed E-state index contributed by atoms with van der Waals surface area (Å²) in [5.41, 5.74) is 3.67. The number of allylic oxidation sites excluding steroid dienone is 4. The maximum atomic E-state index is 13.2. The second kappa shape index (κ2) is 10.1. The van der Waals surface area contributed by atoms with Crippen LogP contribution >= 0.6 is 0 Å². The Kier molecular flexibility index (Phi) is 7.21. The topological polar surface area (TPSA) is 66.4 Å². The third kappa shape index (κ3) is 5.48. The second-order valence-corrected chi connectivity index (χ2v) is 10.7. The van der Waals surface area contributed by atoms with E-state index < -0.39 is 5.97 Å². The van der Waals surface area contributed by atoms with E-state index in [1.54, 1.807) is 0 Å². The first kappa shape index (κ1) is 23.5. The summed E-state index contributed by atoms with van der Waals surface area (Å²) < 4.78 is 0. The molecule has 2 bridgehead atoms. The SMILES string of the molecule is CC1(C)[C@@H]2C[C@H](C/C=C/CCCC(=O)O)C(NC(=O)C3=CCC(Cc4ccccc4)=C3)[C@H]1C2. The van der Waals surface area contributed by atoms with E-state index in [1.807, 2.05) is 6.07 Å². The molecule has 0 aromatic heterocycles. The zero-order valence-electron chi connectivity index (χ0n) is 19.9. The van der Waals surface area contributed by atoms with Crippen LogP contribution in [0.5, 0.6) is 0 Å². The molecule has 0 radical (unpaired) electrons. The highest BCUT2D eigenvalue weighted by atomic mass is 16.4. The Morgan fingerprint density at radius 3 is 2.67 bits per heavy atom. The number of hydrogen-bond acceptors (Lipinski definition) is 2. The Hall–Kier alpha value is -2.62. The van der Waals surface area contributed by atoms with Gasteiger partial charge in [0.2, 0.25) is 0 Å². The van der Waals surface area contributed by atoms with Crippen LogP contribution in [-0.4, -0.2) is 23.0 Å². The molecular formula is C29H37NO3. The van der Waals surface area contributed by atoms with Crippen LogP contribution in [0.4, 0.5) is 0 Å². The zero-order valence-corrected chi connectivity index (χ0v) is 19.9. The fourth-order valence-electron chi connectivity index (χ4n) is 6.08. The number of hydrogen-bond donors (Lipinski definition) is 2.